The van der Waals surface area contributed by atoms with Gasteiger partial charge in [0.2, 0.25) is 0 Å². The van der Waals surface area contributed by atoms with Crippen LogP contribution in [0.1, 0.15) is 49.9 Å². The molecule has 0 fully saturated rings. The molecule has 33 heavy (non-hydrogen) atoms. The average molecular weight is 487 g/mol. The van der Waals surface area contributed by atoms with Gasteiger partial charge >= 0.3 is 12.2 Å². The van der Waals surface area contributed by atoms with Gasteiger partial charge in [0.25, 0.3) is 5.91 Å². The summed E-state index contributed by atoms with van der Waals surface area (Å²) in [5.41, 5.74) is 0.596. The number of carbonyl (C=O) groups is 3. The molecular weight excluding hydrogens is 448 g/mol. The summed E-state index contributed by atoms with van der Waals surface area (Å²) in [6.45, 7) is 7.55. The molecule has 0 spiro atoms. The summed E-state index contributed by atoms with van der Waals surface area (Å²) in [7, 11) is 0. The molecule has 1 aromatic rings. The van der Waals surface area contributed by atoms with E-state index < -0.39 is 12.2 Å². The number of carbonyl (C=O) groups excluding carboxylic acids is 3. The topological polar surface area (TPSA) is 109 Å². The van der Waals surface area contributed by atoms with Crippen LogP contribution in [-0.2, 0) is 9.47 Å². The second-order valence-electron chi connectivity index (χ2n) is 7.30. The number of alkyl carbamates (subject to hydrolysis) is 2. The highest BCUT2D eigenvalue weighted by molar-refractivity contribution is 5.94. The fraction of sp³-hybridized carbons (Fsp3) is 0.609. The first kappa shape index (κ1) is 30.5. The van der Waals surface area contributed by atoms with Crippen molar-refractivity contribution in [3.8, 4) is 0 Å². The van der Waals surface area contributed by atoms with E-state index in [9.17, 15) is 14.4 Å². The Hall–Kier alpha value is -2.52. The first-order chi connectivity index (χ1) is 15.6. The minimum absolute atomic E-state index is 0. The Morgan fingerprint density at radius 1 is 0.758 bits per heavy atom. The number of nitrogens with zero attached hydrogens (tertiary/aromatic N) is 1. The Balaban J connectivity index is 0.0000102. The summed E-state index contributed by atoms with van der Waals surface area (Å²) in [4.78, 5) is 37.6. The SMILES string of the molecule is CCCCNC(=O)OCCN(CCNC(=O)c1ccccc1)CCOC(=O)NCCCC.Cl. The third-order valence-corrected chi connectivity index (χ3v) is 4.63. The summed E-state index contributed by atoms with van der Waals surface area (Å²) in [5.74, 6) is -0.149. The molecule has 0 radical (unpaired) electrons. The van der Waals surface area contributed by atoms with Crippen molar-refractivity contribution in [2.75, 3.05) is 52.5 Å². The number of nitrogens with one attached hydrogen (secondary N) is 3. The van der Waals surface area contributed by atoms with Crippen molar-refractivity contribution in [2.24, 2.45) is 0 Å². The van der Waals surface area contributed by atoms with E-state index in [-0.39, 0.29) is 31.5 Å². The molecule has 3 amide bonds. The van der Waals surface area contributed by atoms with E-state index in [4.69, 9.17) is 9.47 Å². The van der Waals surface area contributed by atoms with Crippen molar-refractivity contribution >= 4 is 30.5 Å². The molecule has 0 saturated carbocycles. The summed E-state index contributed by atoms with van der Waals surface area (Å²) in [6.07, 6.45) is 2.91. The number of halogens is 1. The van der Waals surface area contributed by atoms with Crippen LogP contribution in [-0.4, -0.2) is 75.5 Å². The quantitative estimate of drug-likeness (QED) is 0.310. The third kappa shape index (κ3) is 15.8. The Morgan fingerprint density at radius 3 is 1.76 bits per heavy atom. The zero-order valence-corrected chi connectivity index (χ0v) is 20.6. The molecule has 0 bridgehead atoms. The van der Waals surface area contributed by atoms with Gasteiger partial charge in [0.1, 0.15) is 13.2 Å². The summed E-state index contributed by atoms with van der Waals surface area (Å²) < 4.78 is 10.4. The minimum atomic E-state index is -0.442. The maximum Gasteiger partial charge on any atom is 0.407 e. The number of rotatable bonds is 16. The van der Waals surface area contributed by atoms with Crippen molar-refractivity contribution in [1.82, 2.24) is 20.9 Å². The maximum absolute atomic E-state index is 12.2. The van der Waals surface area contributed by atoms with E-state index in [0.29, 0.717) is 44.8 Å². The van der Waals surface area contributed by atoms with Gasteiger partial charge in [-0.05, 0) is 25.0 Å². The fourth-order valence-corrected chi connectivity index (χ4v) is 2.73. The van der Waals surface area contributed by atoms with Crippen LogP contribution in [0.5, 0.6) is 0 Å². The monoisotopic (exact) mass is 486 g/mol. The molecule has 0 atom stereocenters. The molecule has 0 aromatic heterocycles. The van der Waals surface area contributed by atoms with Crippen LogP contribution in [0.25, 0.3) is 0 Å². The second kappa shape index (κ2) is 20.1. The van der Waals surface area contributed by atoms with Gasteiger partial charge in [-0.25, -0.2) is 9.59 Å². The molecule has 0 aliphatic carbocycles. The van der Waals surface area contributed by atoms with E-state index in [2.05, 4.69) is 16.0 Å². The highest BCUT2D eigenvalue weighted by atomic mass is 35.5. The standard InChI is InChI=1S/C23H38N4O5.ClH/c1-3-5-12-25-22(29)31-18-16-27(17-19-32-23(30)26-13-6-4-2)15-14-24-21(28)20-10-8-7-9-11-20;/h7-11H,3-6,12-19H2,1-2H3,(H,24,28)(H,25,29)(H,26,30);1H. The molecule has 0 aliphatic rings. The molecular formula is C23H39ClN4O5. The van der Waals surface area contributed by atoms with Gasteiger partial charge in [-0.3, -0.25) is 9.69 Å². The maximum atomic E-state index is 12.2. The summed E-state index contributed by atoms with van der Waals surface area (Å²) in [5, 5.41) is 8.28. The largest absolute Gasteiger partial charge is 0.448 e. The number of ether oxygens (including phenoxy) is 2. The first-order valence-electron chi connectivity index (χ1n) is 11.4. The minimum Gasteiger partial charge on any atom is -0.448 e. The molecule has 188 valence electrons. The van der Waals surface area contributed by atoms with Gasteiger partial charge in [-0.1, -0.05) is 44.9 Å². The lowest BCUT2D eigenvalue weighted by Gasteiger charge is -2.22. The van der Waals surface area contributed by atoms with Gasteiger partial charge in [0.15, 0.2) is 0 Å². The normalized spacial score (nSPS) is 10.2. The van der Waals surface area contributed by atoms with Crippen molar-refractivity contribution < 1.29 is 23.9 Å². The Morgan fingerprint density at radius 2 is 1.27 bits per heavy atom. The molecule has 0 saturated heterocycles. The zero-order chi connectivity index (χ0) is 23.4. The number of amides is 3. The molecule has 1 aromatic carbocycles. The lowest BCUT2D eigenvalue weighted by Crippen LogP contribution is -2.39. The molecule has 1 rings (SSSR count). The molecule has 3 N–H and O–H groups in total. The average Bonchev–Trinajstić information content (AvgIpc) is 2.79. The zero-order valence-electron chi connectivity index (χ0n) is 19.8. The third-order valence-electron chi connectivity index (χ3n) is 4.63. The van der Waals surface area contributed by atoms with Crippen molar-refractivity contribution in [3.05, 3.63) is 35.9 Å². The van der Waals surface area contributed by atoms with E-state index in [1.807, 2.05) is 36.9 Å². The predicted octanol–water partition coefficient (Wildman–Crippen LogP) is 3.19. The van der Waals surface area contributed by atoms with Gasteiger partial charge in [0, 0.05) is 44.8 Å². The lowest BCUT2D eigenvalue weighted by atomic mass is 10.2. The van der Waals surface area contributed by atoms with Crippen LogP contribution in [0.4, 0.5) is 9.59 Å². The highest BCUT2D eigenvalue weighted by Crippen LogP contribution is 1.98. The molecule has 10 heteroatoms. The smallest absolute Gasteiger partial charge is 0.407 e. The van der Waals surface area contributed by atoms with Gasteiger partial charge in [0.05, 0.1) is 0 Å². The van der Waals surface area contributed by atoms with Gasteiger partial charge < -0.3 is 25.4 Å². The van der Waals surface area contributed by atoms with Gasteiger partial charge in [-0.2, -0.15) is 0 Å². The van der Waals surface area contributed by atoms with E-state index in [1.165, 1.54) is 0 Å². The van der Waals surface area contributed by atoms with Gasteiger partial charge in [-0.15, -0.1) is 12.4 Å². The Labute approximate surface area is 203 Å². The first-order valence-corrected chi connectivity index (χ1v) is 11.4. The van der Waals surface area contributed by atoms with Crippen LogP contribution >= 0.6 is 12.4 Å². The Bertz CT molecular complexity index is 636. The number of hydrogen-bond donors (Lipinski definition) is 3. The number of unbranched alkanes of at least 4 members (excludes halogenated alkanes) is 2. The fourth-order valence-electron chi connectivity index (χ4n) is 2.73. The van der Waals surface area contributed by atoms with Crippen molar-refractivity contribution in [1.29, 1.82) is 0 Å². The molecule has 9 nitrogen and oxygen atoms in total. The molecule has 0 aliphatic heterocycles. The van der Waals surface area contributed by atoms with E-state index in [0.717, 1.165) is 25.7 Å². The van der Waals surface area contributed by atoms with Crippen LogP contribution in [0.3, 0.4) is 0 Å². The number of hydrogen-bond acceptors (Lipinski definition) is 6. The predicted molar refractivity (Wildman–Crippen MR) is 131 cm³/mol. The summed E-state index contributed by atoms with van der Waals surface area (Å²) >= 11 is 0. The molecule has 0 heterocycles. The van der Waals surface area contributed by atoms with E-state index >= 15 is 0 Å². The van der Waals surface area contributed by atoms with Crippen molar-refractivity contribution in [3.63, 3.8) is 0 Å². The van der Waals surface area contributed by atoms with Crippen molar-refractivity contribution in [2.45, 2.75) is 39.5 Å². The second-order valence-corrected chi connectivity index (χ2v) is 7.30. The van der Waals surface area contributed by atoms with Crippen LogP contribution in [0, 0.1) is 0 Å². The molecule has 0 unspecified atom stereocenters. The van der Waals surface area contributed by atoms with E-state index in [1.54, 1.807) is 12.1 Å². The summed E-state index contributed by atoms with van der Waals surface area (Å²) in [6, 6.07) is 8.99. The van der Waals surface area contributed by atoms with Crippen LogP contribution in [0.15, 0.2) is 30.3 Å². The lowest BCUT2D eigenvalue weighted by molar-refractivity contribution is 0.0934. The van der Waals surface area contributed by atoms with Crippen LogP contribution < -0.4 is 16.0 Å². The highest BCUT2D eigenvalue weighted by Gasteiger charge is 2.10. The van der Waals surface area contributed by atoms with Crippen LogP contribution in [0.2, 0.25) is 0 Å². The Kier molecular flexibility index (Phi) is 18.6. The number of benzene rings is 1.